The third-order valence-corrected chi connectivity index (χ3v) is 4.47. The smallest absolute Gasteiger partial charge is 0.225 e. The predicted molar refractivity (Wildman–Crippen MR) is 101 cm³/mol. The molecular weight excluding hydrogens is 334 g/mol. The van der Waals surface area contributed by atoms with Gasteiger partial charge in [-0.25, -0.2) is 4.98 Å². The highest BCUT2D eigenvalue weighted by atomic mass is 35.5. The largest absolute Gasteiger partial charge is 0.351 e. The zero-order chi connectivity index (χ0) is 17.2. The minimum absolute atomic E-state index is 0.485. The molecule has 0 saturated heterocycles. The number of hydrogen-bond acceptors (Lipinski definition) is 5. The molecule has 1 aliphatic carbocycles. The van der Waals surface area contributed by atoms with Crippen LogP contribution in [0.5, 0.6) is 0 Å². The van der Waals surface area contributed by atoms with Gasteiger partial charge in [0.25, 0.3) is 0 Å². The molecule has 126 valence electrons. The number of benzene rings is 1. The van der Waals surface area contributed by atoms with E-state index in [1.54, 1.807) is 12.4 Å². The van der Waals surface area contributed by atoms with Gasteiger partial charge in [-0.05, 0) is 55.7 Å². The summed E-state index contributed by atoms with van der Waals surface area (Å²) in [6, 6.07) is 12.1. The van der Waals surface area contributed by atoms with Gasteiger partial charge in [0.2, 0.25) is 5.95 Å². The van der Waals surface area contributed by atoms with Crippen molar-refractivity contribution in [3.05, 3.63) is 59.4 Å². The highest BCUT2D eigenvalue weighted by Crippen LogP contribution is 2.28. The molecule has 1 fully saturated rings. The predicted octanol–water partition coefficient (Wildman–Crippen LogP) is 4.82. The van der Waals surface area contributed by atoms with Crippen molar-refractivity contribution in [2.24, 2.45) is 0 Å². The second kappa shape index (κ2) is 6.69. The standard InChI is InChI=1S/C19H18ClN5/c1-12-10-15(4-5-16(12)20)22-18-11-17(13-6-8-21-9-7-13)24-19(25-18)23-14-2-3-14/h4-11,14H,2-3H2,1H3,(H2,22,23,24,25). The fourth-order valence-corrected chi connectivity index (χ4v) is 2.64. The van der Waals surface area contributed by atoms with Crippen LogP contribution in [-0.4, -0.2) is 21.0 Å². The number of pyridine rings is 1. The summed E-state index contributed by atoms with van der Waals surface area (Å²) in [5.74, 6) is 1.39. The van der Waals surface area contributed by atoms with Gasteiger partial charge in [-0.15, -0.1) is 0 Å². The van der Waals surface area contributed by atoms with Crippen molar-refractivity contribution in [3.63, 3.8) is 0 Å². The second-order valence-electron chi connectivity index (χ2n) is 6.21. The highest BCUT2D eigenvalue weighted by Gasteiger charge is 2.22. The number of rotatable bonds is 5. The number of nitrogens with zero attached hydrogens (tertiary/aromatic N) is 3. The monoisotopic (exact) mass is 351 g/mol. The van der Waals surface area contributed by atoms with E-state index < -0.39 is 0 Å². The SMILES string of the molecule is Cc1cc(Nc2cc(-c3ccncc3)nc(NC3CC3)n2)ccc1Cl. The lowest BCUT2D eigenvalue weighted by atomic mass is 10.2. The quantitative estimate of drug-likeness (QED) is 0.690. The number of aryl methyl sites for hydroxylation is 1. The number of halogens is 1. The Hall–Kier alpha value is -2.66. The Balaban J connectivity index is 1.68. The van der Waals surface area contributed by atoms with E-state index in [9.17, 15) is 0 Å². The Morgan fingerprint density at radius 1 is 1.04 bits per heavy atom. The lowest BCUT2D eigenvalue weighted by Gasteiger charge is -2.12. The fraction of sp³-hybridized carbons (Fsp3) is 0.211. The van der Waals surface area contributed by atoms with Crippen molar-refractivity contribution in [2.75, 3.05) is 10.6 Å². The fourth-order valence-electron chi connectivity index (χ4n) is 2.53. The van der Waals surface area contributed by atoms with E-state index in [-0.39, 0.29) is 0 Å². The summed E-state index contributed by atoms with van der Waals surface area (Å²) in [5.41, 5.74) is 3.82. The molecule has 3 aromatic rings. The maximum Gasteiger partial charge on any atom is 0.225 e. The molecule has 25 heavy (non-hydrogen) atoms. The molecule has 0 unspecified atom stereocenters. The molecule has 1 saturated carbocycles. The van der Waals surface area contributed by atoms with Crippen LogP contribution in [0.15, 0.2) is 48.8 Å². The molecule has 1 aromatic carbocycles. The van der Waals surface area contributed by atoms with Crippen LogP contribution >= 0.6 is 11.6 Å². The Morgan fingerprint density at radius 3 is 2.56 bits per heavy atom. The first kappa shape index (κ1) is 15.8. The van der Waals surface area contributed by atoms with Crippen molar-refractivity contribution >= 4 is 29.1 Å². The summed E-state index contributed by atoms with van der Waals surface area (Å²) < 4.78 is 0. The van der Waals surface area contributed by atoms with E-state index in [4.69, 9.17) is 11.6 Å². The van der Waals surface area contributed by atoms with Crippen LogP contribution in [0.3, 0.4) is 0 Å². The molecule has 2 N–H and O–H groups in total. The summed E-state index contributed by atoms with van der Waals surface area (Å²) in [7, 11) is 0. The number of hydrogen-bond donors (Lipinski definition) is 2. The maximum absolute atomic E-state index is 6.11. The molecule has 0 amide bonds. The van der Waals surface area contributed by atoms with Crippen LogP contribution in [0, 0.1) is 6.92 Å². The van der Waals surface area contributed by atoms with E-state index in [1.165, 1.54) is 12.8 Å². The second-order valence-corrected chi connectivity index (χ2v) is 6.61. The van der Waals surface area contributed by atoms with Crippen molar-refractivity contribution in [2.45, 2.75) is 25.8 Å². The molecule has 0 bridgehead atoms. The van der Waals surface area contributed by atoms with E-state index in [1.807, 2.05) is 43.3 Å². The Morgan fingerprint density at radius 2 is 1.84 bits per heavy atom. The Labute approximate surface area is 151 Å². The van der Waals surface area contributed by atoms with Gasteiger partial charge in [0, 0.05) is 40.8 Å². The molecular formula is C19H18ClN5. The summed E-state index contributed by atoms with van der Waals surface area (Å²) in [6.45, 7) is 1.98. The first-order valence-electron chi connectivity index (χ1n) is 8.26. The topological polar surface area (TPSA) is 62.7 Å². The van der Waals surface area contributed by atoms with Crippen molar-refractivity contribution in [1.29, 1.82) is 0 Å². The lowest BCUT2D eigenvalue weighted by Crippen LogP contribution is -2.07. The zero-order valence-electron chi connectivity index (χ0n) is 13.8. The molecule has 1 aliphatic rings. The normalized spacial score (nSPS) is 13.5. The molecule has 0 atom stereocenters. The van der Waals surface area contributed by atoms with Gasteiger partial charge in [-0.3, -0.25) is 4.98 Å². The number of aromatic nitrogens is 3. The Bertz CT molecular complexity index is 894. The zero-order valence-corrected chi connectivity index (χ0v) is 14.6. The first-order valence-corrected chi connectivity index (χ1v) is 8.64. The summed E-state index contributed by atoms with van der Waals surface area (Å²) in [5, 5.41) is 7.48. The molecule has 2 heterocycles. The van der Waals surface area contributed by atoms with Crippen molar-refractivity contribution in [1.82, 2.24) is 15.0 Å². The average Bonchev–Trinajstić information content (AvgIpc) is 3.43. The van der Waals surface area contributed by atoms with E-state index in [0.29, 0.717) is 12.0 Å². The molecule has 0 aliphatic heterocycles. The molecule has 0 spiro atoms. The average molecular weight is 352 g/mol. The Kier molecular flexibility index (Phi) is 4.24. The first-order chi connectivity index (χ1) is 12.2. The molecule has 6 heteroatoms. The molecule has 0 radical (unpaired) electrons. The van der Waals surface area contributed by atoms with Gasteiger partial charge in [-0.1, -0.05) is 11.6 Å². The van der Waals surface area contributed by atoms with Gasteiger partial charge >= 0.3 is 0 Å². The van der Waals surface area contributed by atoms with Crippen LogP contribution in [0.4, 0.5) is 17.5 Å². The summed E-state index contributed by atoms with van der Waals surface area (Å²) in [4.78, 5) is 13.3. The third-order valence-electron chi connectivity index (χ3n) is 4.04. The van der Waals surface area contributed by atoms with Gasteiger partial charge in [0.1, 0.15) is 5.82 Å². The maximum atomic E-state index is 6.11. The van der Waals surface area contributed by atoms with E-state index in [2.05, 4.69) is 25.6 Å². The van der Waals surface area contributed by atoms with Crippen LogP contribution in [0.25, 0.3) is 11.3 Å². The summed E-state index contributed by atoms with van der Waals surface area (Å²) >= 11 is 6.11. The molecule has 4 rings (SSSR count). The van der Waals surface area contributed by atoms with Crippen LogP contribution in [0.1, 0.15) is 18.4 Å². The van der Waals surface area contributed by atoms with E-state index in [0.717, 1.165) is 33.3 Å². The van der Waals surface area contributed by atoms with E-state index >= 15 is 0 Å². The number of anilines is 3. The van der Waals surface area contributed by atoms with Gasteiger partial charge in [0.15, 0.2) is 0 Å². The van der Waals surface area contributed by atoms with Gasteiger partial charge in [0.05, 0.1) is 5.69 Å². The van der Waals surface area contributed by atoms with Crippen molar-refractivity contribution < 1.29 is 0 Å². The third kappa shape index (κ3) is 3.88. The summed E-state index contributed by atoms with van der Waals surface area (Å²) in [6.07, 6.45) is 5.87. The van der Waals surface area contributed by atoms with Crippen LogP contribution in [-0.2, 0) is 0 Å². The molecule has 5 nitrogen and oxygen atoms in total. The highest BCUT2D eigenvalue weighted by molar-refractivity contribution is 6.31. The van der Waals surface area contributed by atoms with Crippen LogP contribution < -0.4 is 10.6 Å². The minimum Gasteiger partial charge on any atom is -0.351 e. The van der Waals surface area contributed by atoms with Gasteiger partial charge < -0.3 is 10.6 Å². The van der Waals surface area contributed by atoms with Crippen molar-refractivity contribution in [3.8, 4) is 11.3 Å². The minimum atomic E-state index is 0.485. The van der Waals surface area contributed by atoms with Crippen LogP contribution in [0.2, 0.25) is 5.02 Å². The number of nitrogens with one attached hydrogen (secondary N) is 2. The van der Waals surface area contributed by atoms with Gasteiger partial charge in [-0.2, -0.15) is 4.98 Å². The molecule has 2 aromatic heterocycles. The lowest BCUT2D eigenvalue weighted by molar-refractivity contribution is 1.06.